The number of hydrogen-bond acceptors (Lipinski definition) is 1. The number of nitrogens with zero attached hydrogens (tertiary/aromatic N) is 2. The van der Waals surface area contributed by atoms with Crippen LogP contribution in [0.2, 0.25) is 0 Å². The van der Waals surface area contributed by atoms with Crippen molar-refractivity contribution in [3.05, 3.63) is 30.0 Å². The van der Waals surface area contributed by atoms with Crippen LogP contribution >= 0.6 is 0 Å². The summed E-state index contributed by atoms with van der Waals surface area (Å²) in [6, 6.07) is 6.69. The second kappa shape index (κ2) is 2.34. The lowest BCUT2D eigenvalue weighted by atomic mass is 10.1. The molecule has 13 heavy (non-hydrogen) atoms. The van der Waals surface area contributed by atoms with Crippen LogP contribution in [0.3, 0.4) is 0 Å². The molecule has 0 amide bonds. The predicted molar refractivity (Wildman–Crippen MR) is 52.7 cm³/mol. The van der Waals surface area contributed by atoms with Gasteiger partial charge in [-0.15, -0.1) is 0 Å². The number of benzene rings is 1. The third-order valence-electron chi connectivity index (χ3n) is 2.82. The maximum absolute atomic E-state index is 4.23. The van der Waals surface area contributed by atoms with E-state index in [2.05, 4.69) is 23.3 Å². The molecule has 1 aliphatic rings. The first-order valence-electron chi connectivity index (χ1n) is 4.76. The lowest BCUT2D eigenvalue weighted by Crippen LogP contribution is -1.88. The van der Waals surface area contributed by atoms with Gasteiger partial charge in [0, 0.05) is 12.4 Å². The van der Waals surface area contributed by atoms with Crippen molar-refractivity contribution in [2.75, 3.05) is 0 Å². The van der Waals surface area contributed by atoms with E-state index in [1.54, 1.807) is 0 Å². The fraction of sp³-hybridized carbons (Fsp3) is 0.364. The highest BCUT2D eigenvalue weighted by atomic mass is 15.2. The maximum Gasteiger partial charge on any atom is 0.0679 e. The fourth-order valence-corrected chi connectivity index (χ4v) is 1.85. The third-order valence-corrected chi connectivity index (χ3v) is 2.82. The minimum absolute atomic E-state index is 0.838. The summed E-state index contributed by atoms with van der Waals surface area (Å²) in [5.41, 5.74) is 2.71. The first-order valence-corrected chi connectivity index (χ1v) is 4.76. The monoisotopic (exact) mass is 172 g/mol. The average molecular weight is 172 g/mol. The summed E-state index contributed by atoms with van der Waals surface area (Å²) in [5, 5.41) is 5.50. The van der Waals surface area contributed by atoms with Crippen molar-refractivity contribution < 1.29 is 0 Å². The molecular weight excluding hydrogens is 160 g/mol. The second-order valence-electron chi connectivity index (χ2n) is 3.86. The Kier molecular flexibility index (Phi) is 1.29. The van der Waals surface area contributed by atoms with Crippen molar-refractivity contribution in [2.45, 2.75) is 18.8 Å². The molecule has 66 valence electrons. The Morgan fingerprint density at radius 3 is 3.00 bits per heavy atom. The predicted octanol–water partition coefficient (Wildman–Crippen LogP) is 2.45. The molecule has 0 bridgehead atoms. The molecule has 1 aromatic carbocycles. The molecule has 3 rings (SSSR count). The van der Waals surface area contributed by atoms with Gasteiger partial charge in [0.05, 0.1) is 11.7 Å². The lowest BCUT2D eigenvalue weighted by Gasteiger charge is -1.98. The normalized spacial score (nSPS) is 16.7. The number of hydrogen-bond donors (Lipinski definition) is 0. The highest BCUT2D eigenvalue weighted by molar-refractivity contribution is 5.79. The standard InChI is InChI=1S/C11H12N2/c1-13-11-5-4-9(8-2-3-8)6-10(11)7-12-13/h4-8H,2-3H2,1H3. The van der Waals surface area contributed by atoms with E-state index < -0.39 is 0 Å². The van der Waals surface area contributed by atoms with Gasteiger partial charge in [-0.2, -0.15) is 5.10 Å². The molecule has 0 unspecified atom stereocenters. The Bertz CT molecular complexity index is 452. The topological polar surface area (TPSA) is 17.8 Å². The number of aromatic nitrogens is 2. The van der Waals surface area contributed by atoms with Gasteiger partial charge >= 0.3 is 0 Å². The molecule has 0 radical (unpaired) electrons. The Morgan fingerprint density at radius 2 is 2.23 bits per heavy atom. The highest BCUT2D eigenvalue weighted by Gasteiger charge is 2.23. The van der Waals surface area contributed by atoms with E-state index in [-0.39, 0.29) is 0 Å². The van der Waals surface area contributed by atoms with Crippen molar-refractivity contribution >= 4 is 10.9 Å². The summed E-state index contributed by atoms with van der Waals surface area (Å²) >= 11 is 0. The smallest absolute Gasteiger partial charge is 0.0679 e. The summed E-state index contributed by atoms with van der Waals surface area (Å²) in [7, 11) is 1.99. The van der Waals surface area contributed by atoms with Gasteiger partial charge in [0.2, 0.25) is 0 Å². The Morgan fingerprint density at radius 1 is 1.38 bits per heavy atom. The van der Waals surface area contributed by atoms with E-state index in [1.165, 1.54) is 29.3 Å². The van der Waals surface area contributed by atoms with Crippen LogP contribution in [0.25, 0.3) is 10.9 Å². The van der Waals surface area contributed by atoms with E-state index in [0.717, 1.165) is 5.92 Å². The Balaban J connectivity index is 2.21. The molecule has 0 N–H and O–H groups in total. The summed E-state index contributed by atoms with van der Waals surface area (Å²) in [6.07, 6.45) is 4.68. The zero-order valence-electron chi connectivity index (χ0n) is 7.70. The highest BCUT2D eigenvalue weighted by Crippen LogP contribution is 2.40. The first-order chi connectivity index (χ1) is 6.34. The van der Waals surface area contributed by atoms with Gasteiger partial charge in [0.15, 0.2) is 0 Å². The van der Waals surface area contributed by atoms with Crippen LogP contribution in [-0.2, 0) is 7.05 Å². The SMILES string of the molecule is Cn1ncc2cc(C3CC3)ccc21. The molecule has 2 heteroatoms. The van der Waals surface area contributed by atoms with Gasteiger partial charge in [-0.1, -0.05) is 6.07 Å². The molecule has 1 aliphatic carbocycles. The third kappa shape index (κ3) is 1.05. The summed E-state index contributed by atoms with van der Waals surface area (Å²) in [6.45, 7) is 0. The molecule has 1 saturated carbocycles. The minimum Gasteiger partial charge on any atom is -0.268 e. The van der Waals surface area contributed by atoms with E-state index in [9.17, 15) is 0 Å². The van der Waals surface area contributed by atoms with Crippen LogP contribution in [0.1, 0.15) is 24.3 Å². The van der Waals surface area contributed by atoms with E-state index >= 15 is 0 Å². The van der Waals surface area contributed by atoms with Crippen molar-refractivity contribution in [1.29, 1.82) is 0 Å². The van der Waals surface area contributed by atoms with Gasteiger partial charge in [-0.25, -0.2) is 0 Å². The average Bonchev–Trinajstić information content (AvgIpc) is 2.93. The van der Waals surface area contributed by atoms with Crippen molar-refractivity contribution in [3.63, 3.8) is 0 Å². The molecule has 1 fully saturated rings. The molecular formula is C11H12N2. The largest absolute Gasteiger partial charge is 0.268 e. The number of rotatable bonds is 1. The molecule has 0 saturated heterocycles. The number of fused-ring (bicyclic) bond motifs is 1. The van der Waals surface area contributed by atoms with Crippen LogP contribution in [0.5, 0.6) is 0 Å². The maximum atomic E-state index is 4.23. The van der Waals surface area contributed by atoms with Gasteiger partial charge in [-0.05, 0) is 36.5 Å². The Labute approximate surface area is 77.2 Å². The molecule has 0 atom stereocenters. The number of aryl methyl sites for hydroxylation is 1. The molecule has 1 heterocycles. The molecule has 1 aromatic heterocycles. The van der Waals surface area contributed by atoms with Crippen LogP contribution < -0.4 is 0 Å². The van der Waals surface area contributed by atoms with Crippen LogP contribution in [0.4, 0.5) is 0 Å². The van der Waals surface area contributed by atoms with Gasteiger partial charge in [-0.3, -0.25) is 4.68 Å². The van der Waals surface area contributed by atoms with Crippen LogP contribution in [0, 0.1) is 0 Å². The molecule has 2 nitrogen and oxygen atoms in total. The summed E-state index contributed by atoms with van der Waals surface area (Å²) in [4.78, 5) is 0. The summed E-state index contributed by atoms with van der Waals surface area (Å²) < 4.78 is 1.92. The zero-order valence-corrected chi connectivity index (χ0v) is 7.70. The summed E-state index contributed by atoms with van der Waals surface area (Å²) in [5.74, 6) is 0.838. The van der Waals surface area contributed by atoms with Gasteiger partial charge in [0.1, 0.15) is 0 Å². The van der Waals surface area contributed by atoms with Crippen molar-refractivity contribution in [1.82, 2.24) is 9.78 Å². The van der Waals surface area contributed by atoms with Crippen LogP contribution in [0.15, 0.2) is 24.4 Å². The van der Waals surface area contributed by atoms with Crippen molar-refractivity contribution in [2.24, 2.45) is 7.05 Å². The van der Waals surface area contributed by atoms with E-state index in [1.807, 2.05) is 17.9 Å². The minimum atomic E-state index is 0.838. The quantitative estimate of drug-likeness (QED) is 0.646. The van der Waals surface area contributed by atoms with Crippen molar-refractivity contribution in [3.8, 4) is 0 Å². The van der Waals surface area contributed by atoms with Crippen LogP contribution in [-0.4, -0.2) is 9.78 Å². The van der Waals surface area contributed by atoms with Gasteiger partial charge in [0.25, 0.3) is 0 Å². The Hall–Kier alpha value is -1.31. The first kappa shape index (κ1) is 7.13. The van der Waals surface area contributed by atoms with E-state index in [0.29, 0.717) is 0 Å². The lowest BCUT2D eigenvalue weighted by molar-refractivity contribution is 0.797. The zero-order chi connectivity index (χ0) is 8.84. The fourth-order valence-electron chi connectivity index (χ4n) is 1.85. The second-order valence-corrected chi connectivity index (χ2v) is 3.86. The molecule has 0 aliphatic heterocycles. The van der Waals surface area contributed by atoms with E-state index in [4.69, 9.17) is 0 Å². The molecule has 2 aromatic rings. The molecule has 0 spiro atoms. The van der Waals surface area contributed by atoms with Gasteiger partial charge < -0.3 is 0 Å².